The zero-order valence-electron chi connectivity index (χ0n) is 41.5. The Labute approximate surface area is 403 Å². The summed E-state index contributed by atoms with van der Waals surface area (Å²) in [5.74, 6) is -2.39. The number of alkyl halides is 6. The maximum atomic E-state index is 17.5. The van der Waals surface area contributed by atoms with Gasteiger partial charge in [-0.05, 0) is 105 Å². The highest BCUT2D eigenvalue weighted by atomic mass is 19.4. The first-order chi connectivity index (χ1) is 32.4. The summed E-state index contributed by atoms with van der Waals surface area (Å²) in [6, 6.07) is 30.2. The first-order valence-corrected chi connectivity index (χ1v) is 23.5. The van der Waals surface area contributed by atoms with Crippen LogP contribution in [-0.2, 0) is 34.0 Å². The van der Waals surface area contributed by atoms with Crippen molar-refractivity contribution in [2.45, 2.75) is 117 Å². The molecule has 362 valence electrons. The average Bonchev–Trinajstić information content (AvgIpc) is 3.75. The van der Waals surface area contributed by atoms with E-state index in [4.69, 9.17) is 0 Å². The number of rotatable bonds is 4. The highest BCUT2D eigenvalue weighted by Gasteiger charge is 2.49. The molecule has 9 rings (SSSR count). The number of nitrogens with zero attached hydrogens (tertiary/aromatic N) is 2. The Kier molecular flexibility index (Phi) is 11.1. The Bertz CT molecular complexity index is 3210. The van der Waals surface area contributed by atoms with Crippen molar-refractivity contribution in [1.29, 1.82) is 0 Å². The lowest BCUT2D eigenvalue weighted by Crippen LogP contribution is -2.23. The second kappa shape index (κ2) is 16.1. The highest BCUT2D eigenvalue weighted by molar-refractivity contribution is 6.13. The van der Waals surface area contributed by atoms with E-state index in [1.807, 2.05) is 107 Å². The minimum absolute atomic E-state index is 0.168. The molecule has 9 aromatic rings. The minimum atomic E-state index is -5.52. The van der Waals surface area contributed by atoms with Crippen molar-refractivity contribution < 1.29 is 35.1 Å². The number of aromatic nitrogens is 2. The largest absolute Gasteiger partial charge is 0.420 e. The molecular weight excluding hydrogens is 901 g/mol. The third-order valence-corrected chi connectivity index (χ3v) is 13.7. The molecule has 0 fully saturated rings. The quantitative estimate of drug-likeness (QED) is 0.156. The smallest absolute Gasteiger partial charge is 0.308 e. The molecule has 0 atom stereocenters. The van der Waals surface area contributed by atoms with Gasteiger partial charge in [0.1, 0.15) is 17.2 Å². The molecule has 0 amide bonds. The van der Waals surface area contributed by atoms with Gasteiger partial charge in [0.15, 0.2) is 0 Å². The maximum absolute atomic E-state index is 17.5. The molecule has 2 heterocycles. The van der Waals surface area contributed by atoms with Gasteiger partial charge in [-0.25, -0.2) is 8.78 Å². The number of hydrogen-bond acceptors (Lipinski definition) is 0. The Morgan fingerprint density at radius 1 is 0.329 bits per heavy atom. The van der Waals surface area contributed by atoms with Crippen LogP contribution in [0.2, 0.25) is 0 Å². The third kappa shape index (κ3) is 8.05. The van der Waals surface area contributed by atoms with E-state index in [0.29, 0.717) is 21.5 Å². The molecule has 2 aromatic heterocycles. The molecular formula is C60H56F8N2. The van der Waals surface area contributed by atoms with E-state index in [1.54, 1.807) is 48.5 Å². The van der Waals surface area contributed by atoms with E-state index in [-0.39, 0.29) is 22.1 Å². The first kappa shape index (κ1) is 48.6. The summed E-state index contributed by atoms with van der Waals surface area (Å²) in [4.78, 5) is 0. The van der Waals surface area contributed by atoms with E-state index < -0.39 is 90.4 Å². The van der Waals surface area contributed by atoms with Crippen LogP contribution in [0.3, 0.4) is 0 Å². The van der Waals surface area contributed by atoms with E-state index in [1.165, 1.54) is 33.4 Å². The van der Waals surface area contributed by atoms with Gasteiger partial charge in [-0.1, -0.05) is 144 Å². The van der Waals surface area contributed by atoms with E-state index in [2.05, 4.69) is 0 Å². The molecule has 70 heavy (non-hydrogen) atoms. The molecule has 0 spiro atoms. The highest BCUT2D eigenvalue weighted by Crippen LogP contribution is 2.57. The summed E-state index contributed by atoms with van der Waals surface area (Å²) in [5.41, 5.74) is -6.37. The first-order valence-electron chi connectivity index (χ1n) is 23.5. The minimum Gasteiger partial charge on any atom is -0.308 e. The molecule has 0 unspecified atom stereocenters. The van der Waals surface area contributed by atoms with Crippen LogP contribution in [0.15, 0.2) is 121 Å². The molecule has 10 heteroatoms. The standard InChI is InChI=1S/C60H56F8N2/c1-55(2,3)33-21-25-45-39(29-33)40-30-34(56(4,5)6)22-26-46(40)69(45)53-49(37-17-13-15-19-43(37)61)51(59(63,64)65)50(38-18-14-16-20-44(38)62)54(52(53)60(66,67)68)70-47-27-23-35(57(7,8)9)31-41(47)42-32-36(58(10,11)12)24-28-48(42)70/h13-32H,1-12H3. The van der Waals surface area contributed by atoms with Gasteiger partial charge in [0.05, 0.1) is 39.0 Å². The van der Waals surface area contributed by atoms with Gasteiger partial charge < -0.3 is 9.13 Å². The fraction of sp³-hybridized carbons (Fsp3) is 0.300. The van der Waals surface area contributed by atoms with Crippen LogP contribution >= 0.6 is 0 Å². The Morgan fingerprint density at radius 3 is 0.814 bits per heavy atom. The maximum Gasteiger partial charge on any atom is 0.420 e. The van der Waals surface area contributed by atoms with Crippen molar-refractivity contribution in [3.63, 3.8) is 0 Å². The molecule has 0 N–H and O–H groups in total. The van der Waals surface area contributed by atoms with Gasteiger partial charge in [-0.3, -0.25) is 0 Å². The number of hydrogen-bond donors (Lipinski definition) is 0. The summed E-state index contributed by atoms with van der Waals surface area (Å²) in [6.07, 6.45) is -11.0. The number of halogens is 8. The van der Waals surface area contributed by atoms with E-state index >= 15 is 35.1 Å². The predicted octanol–water partition coefficient (Wildman–Crippen LogP) is 18.7. The third-order valence-electron chi connectivity index (χ3n) is 13.7. The lowest BCUT2D eigenvalue weighted by atomic mass is 9.84. The number of fused-ring (bicyclic) bond motifs is 6. The van der Waals surface area contributed by atoms with Crippen LogP contribution in [-0.4, -0.2) is 9.13 Å². The summed E-state index contributed by atoms with van der Waals surface area (Å²) < 4.78 is 140. The van der Waals surface area contributed by atoms with Crippen LogP contribution in [0.4, 0.5) is 35.1 Å². The van der Waals surface area contributed by atoms with Crippen molar-refractivity contribution >= 4 is 43.6 Å². The van der Waals surface area contributed by atoms with Gasteiger partial charge in [0.2, 0.25) is 0 Å². The van der Waals surface area contributed by atoms with Crippen LogP contribution in [0.5, 0.6) is 0 Å². The second-order valence-corrected chi connectivity index (χ2v) is 22.8. The van der Waals surface area contributed by atoms with Crippen molar-refractivity contribution in [2.75, 3.05) is 0 Å². The van der Waals surface area contributed by atoms with Gasteiger partial charge in [0.25, 0.3) is 0 Å². The van der Waals surface area contributed by atoms with Gasteiger partial charge in [-0.2, -0.15) is 26.3 Å². The lowest BCUT2D eigenvalue weighted by Gasteiger charge is -2.31. The van der Waals surface area contributed by atoms with E-state index in [0.717, 1.165) is 46.5 Å². The van der Waals surface area contributed by atoms with Gasteiger partial charge >= 0.3 is 12.4 Å². The van der Waals surface area contributed by atoms with E-state index in [9.17, 15) is 0 Å². The molecule has 0 aliphatic carbocycles. The van der Waals surface area contributed by atoms with Crippen molar-refractivity contribution in [2.24, 2.45) is 0 Å². The molecule has 0 saturated heterocycles. The SMILES string of the molecule is CC(C)(C)c1ccc2c(c1)c1cc(C(C)(C)C)ccc1n2-c1c(-c2ccccc2F)c(C(F)(F)F)c(-c2ccccc2F)c(-n2c3ccc(C(C)(C)C)cc3c3cc(C(C)(C)C)ccc32)c1C(F)(F)F. The van der Waals surface area contributed by atoms with Crippen molar-refractivity contribution in [3.8, 4) is 33.6 Å². The average molecular weight is 957 g/mol. The molecule has 0 aliphatic heterocycles. The fourth-order valence-electron chi connectivity index (χ4n) is 9.97. The molecule has 0 aliphatic rings. The summed E-state index contributed by atoms with van der Waals surface area (Å²) in [7, 11) is 0. The zero-order valence-corrected chi connectivity index (χ0v) is 41.5. The van der Waals surface area contributed by atoms with Crippen LogP contribution in [0.25, 0.3) is 77.2 Å². The normalized spacial score (nSPS) is 13.4. The van der Waals surface area contributed by atoms with Crippen molar-refractivity contribution in [3.05, 3.63) is 166 Å². The Hall–Kier alpha value is -6.42. The molecule has 7 aromatic carbocycles. The number of benzene rings is 7. The Morgan fingerprint density at radius 2 is 0.586 bits per heavy atom. The van der Waals surface area contributed by atoms with Crippen molar-refractivity contribution in [1.82, 2.24) is 9.13 Å². The fourth-order valence-corrected chi connectivity index (χ4v) is 9.97. The lowest BCUT2D eigenvalue weighted by molar-refractivity contribution is -0.140. The predicted molar refractivity (Wildman–Crippen MR) is 271 cm³/mol. The Balaban J connectivity index is 1.67. The molecule has 0 saturated carbocycles. The van der Waals surface area contributed by atoms with Gasteiger partial charge in [-0.15, -0.1) is 0 Å². The van der Waals surface area contributed by atoms with Crippen LogP contribution in [0, 0.1) is 11.6 Å². The molecule has 0 radical (unpaired) electrons. The van der Waals surface area contributed by atoms with Gasteiger partial charge in [0, 0.05) is 43.8 Å². The second-order valence-electron chi connectivity index (χ2n) is 22.8. The molecule has 0 bridgehead atoms. The summed E-state index contributed by atoms with van der Waals surface area (Å²) in [5, 5.41) is 1.98. The summed E-state index contributed by atoms with van der Waals surface area (Å²) >= 11 is 0. The van der Waals surface area contributed by atoms with Crippen LogP contribution in [0.1, 0.15) is 116 Å². The monoisotopic (exact) mass is 956 g/mol. The topological polar surface area (TPSA) is 9.86 Å². The molecule has 2 nitrogen and oxygen atoms in total. The summed E-state index contributed by atoms with van der Waals surface area (Å²) in [6.45, 7) is 24.0. The van der Waals surface area contributed by atoms with Crippen LogP contribution < -0.4 is 0 Å². The zero-order chi connectivity index (χ0) is 51.0.